The van der Waals surface area contributed by atoms with Gasteiger partial charge in [0.05, 0.1) is 5.69 Å². The highest BCUT2D eigenvalue weighted by molar-refractivity contribution is 6.04. The fourth-order valence-corrected chi connectivity index (χ4v) is 8.20. The molecular weight excluding hydrogens is 687 g/mol. The number of hydrogen-bond acceptors (Lipinski definition) is 1. The van der Waals surface area contributed by atoms with E-state index >= 15 is 0 Å². The summed E-state index contributed by atoms with van der Waals surface area (Å²) in [5.41, 5.74) is 15.4. The van der Waals surface area contributed by atoms with Crippen molar-refractivity contribution in [2.45, 2.75) is 0 Å². The smallest absolute Gasteiger partial charge is 0.0540 e. The van der Waals surface area contributed by atoms with E-state index in [1.807, 2.05) is 0 Å². The van der Waals surface area contributed by atoms with Crippen molar-refractivity contribution in [3.8, 4) is 55.6 Å². The van der Waals surface area contributed by atoms with Gasteiger partial charge in [-0.2, -0.15) is 0 Å². The van der Waals surface area contributed by atoms with Crippen molar-refractivity contribution in [2.75, 3.05) is 4.90 Å². The van der Waals surface area contributed by atoms with Crippen LogP contribution in [-0.4, -0.2) is 0 Å². The van der Waals surface area contributed by atoms with E-state index in [0.717, 1.165) is 17.1 Å². The minimum absolute atomic E-state index is 1.09. The maximum Gasteiger partial charge on any atom is 0.0540 e. The minimum atomic E-state index is 1.09. The molecule has 0 saturated carbocycles. The van der Waals surface area contributed by atoms with Crippen LogP contribution in [0.4, 0.5) is 17.1 Å². The van der Waals surface area contributed by atoms with Gasteiger partial charge in [-0.1, -0.05) is 200 Å². The maximum atomic E-state index is 2.39. The summed E-state index contributed by atoms with van der Waals surface area (Å²) in [4.78, 5) is 2.39. The average Bonchev–Trinajstić information content (AvgIpc) is 3.30. The summed E-state index contributed by atoms with van der Waals surface area (Å²) in [5.74, 6) is 0. The van der Waals surface area contributed by atoms with Crippen LogP contribution in [0.25, 0.3) is 77.2 Å². The van der Waals surface area contributed by atoms with Crippen molar-refractivity contribution in [3.63, 3.8) is 0 Å². The molecule has 0 saturated heterocycles. The largest absolute Gasteiger partial charge is 0.310 e. The molecule has 268 valence electrons. The van der Waals surface area contributed by atoms with E-state index in [2.05, 4.69) is 241 Å². The van der Waals surface area contributed by atoms with Crippen molar-refractivity contribution < 1.29 is 0 Å². The molecule has 0 radical (unpaired) electrons. The van der Waals surface area contributed by atoms with Gasteiger partial charge in [-0.25, -0.2) is 0 Å². The van der Waals surface area contributed by atoms with Crippen LogP contribution in [0, 0.1) is 0 Å². The summed E-state index contributed by atoms with van der Waals surface area (Å²) in [6, 6.07) is 85.6. The van der Waals surface area contributed by atoms with Crippen LogP contribution in [0.3, 0.4) is 0 Å². The van der Waals surface area contributed by atoms with Crippen LogP contribution in [0.1, 0.15) is 0 Å². The van der Waals surface area contributed by atoms with Crippen molar-refractivity contribution in [1.82, 2.24) is 0 Å². The Balaban J connectivity index is 1.03. The number of benzene rings is 10. The maximum absolute atomic E-state index is 2.39. The summed E-state index contributed by atoms with van der Waals surface area (Å²) < 4.78 is 0. The van der Waals surface area contributed by atoms with Crippen LogP contribution in [-0.2, 0) is 0 Å². The zero-order valence-corrected chi connectivity index (χ0v) is 31.5. The fourth-order valence-electron chi connectivity index (χ4n) is 8.20. The molecule has 57 heavy (non-hydrogen) atoms. The van der Waals surface area contributed by atoms with E-state index in [9.17, 15) is 0 Å². The molecule has 10 aromatic carbocycles. The first-order valence-corrected chi connectivity index (χ1v) is 19.6. The van der Waals surface area contributed by atoms with Crippen LogP contribution in [0.5, 0.6) is 0 Å². The second kappa shape index (κ2) is 15.0. The molecule has 0 aliphatic rings. The molecule has 10 rings (SSSR count). The van der Waals surface area contributed by atoms with Gasteiger partial charge in [0.25, 0.3) is 0 Å². The number of anilines is 3. The lowest BCUT2D eigenvalue weighted by Gasteiger charge is -2.28. The summed E-state index contributed by atoms with van der Waals surface area (Å²) in [6.45, 7) is 0. The quantitative estimate of drug-likeness (QED) is 0.151. The monoisotopic (exact) mass is 725 g/mol. The molecule has 0 heterocycles. The van der Waals surface area contributed by atoms with E-state index in [1.165, 1.54) is 77.2 Å². The first-order valence-electron chi connectivity index (χ1n) is 19.6. The van der Waals surface area contributed by atoms with Gasteiger partial charge in [-0.3, -0.25) is 0 Å². The van der Waals surface area contributed by atoms with Crippen molar-refractivity contribution >= 4 is 38.6 Å². The van der Waals surface area contributed by atoms with Crippen molar-refractivity contribution in [2.24, 2.45) is 0 Å². The lowest BCUT2D eigenvalue weighted by molar-refractivity contribution is 1.28. The fraction of sp³-hybridized carbons (Fsp3) is 0. The van der Waals surface area contributed by atoms with Crippen LogP contribution in [0.2, 0.25) is 0 Å². The number of fused-ring (bicyclic) bond motifs is 2. The molecule has 0 N–H and O–H groups in total. The molecule has 0 aliphatic heterocycles. The molecule has 1 nitrogen and oxygen atoms in total. The first-order chi connectivity index (χ1) is 28.3. The molecule has 10 aromatic rings. The predicted octanol–water partition coefficient (Wildman–Crippen LogP) is 15.8. The first kappa shape index (κ1) is 34.0. The minimum Gasteiger partial charge on any atom is -0.310 e. The summed E-state index contributed by atoms with van der Waals surface area (Å²) >= 11 is 0. The highest BCUT2D eigenvalue weighted by atomic mass is 15.1. The number of para-hydroxylation sites is 1. The highest BCUT2D eigenvalue weighted by Gasteiger charge is 2.18. The lowest BCUT2D eigenvalue weighted by atomic mass is 9.89. The van der Waals surface area contributed by atoms with Gasteiger partial charge in [0.15, 0.2) is 0 Å². The molecule has 0 amide bonds. The summed E-state index contributed by atoms with van der Waals surface area (Å²) in [5, 5.41) is 5.02. The zero-order chi connectivity index (χ0) is 38.0. The van der Waals surface area contributed by atoms with Crippen molar-refractivity contribution in [1.29, 1.82) is 0 Å². The van der Waals surface area contributed by atoms with Crippen LogP contribution < -0.4 is 4.90 Å². The Labute approximate surface area is 334 Å². The Hall–Kier alpha value is -7.48. The summed E-state index contributed by atoms with van der Waals surface area (Å²) in [7, 11) is 0. The zero-order valence-electron chi connectivity index (χ0n) is 31.5. The Bertz CT molecular complexity index is 2970. The lowest BCUT2D eigenvalue weighted by Crippen LogP contribution is -2.11. The third kappa shape index (κ3) is 6.66. The van der Waals surface area contributed by atoms with Gasteiger partial charge < -0.3 is 4.90 Å². The Morgan fingerprint density at radius 2 is 0.702 bits per heavy atom. The Morgan fingerprint density at radius 1 is 0.246 bits per heavy atom. The van der Waals surface area contributed by atoms with Gasteiger partial charge >= 0.3 is 0 Å². The molecule has 0 aromatic heterocycles. The molecule has 0 spiro atoms. The van der Waals surface area contributed by atoms with E-state index in [0.29, 0.717) is 0 Å². The standard InChI is InChI=1S/C56H39N/c1-3-14-44(15-4-1)52-20-11-12-22-55(52)57(50-34-29-42(30-35-50)41-23-25-43(26-24-41)49-28-27-40-13-7-8-19-48(40)39-49)51-36-31-46(32-37-51)54-38-33-45-16-9-10-21-53(45)56(54)47-17-5-2-6-18-47/h1-39H. The van der Waals surface area contributed by atoms with E-state index in [1.54, 1.807) is 0 Å². The summed E-state index contributed by atoms with van der Waals surface area (Å²) in [6.07, 6.45) is 0. The van der Waals surface area contributed by atoms with Crippen molar-refractivity contribution in [3.05, 3.63) is 237 Å². The van der Waals surface area contributed by atoms with Gasteiger partial charge in [-0.15, -0.1) is 0 Å². The molecule has 0 aliphatic carbocycles. The molecule has 0 bridgehead atoms. The van der Waals surface area contributed by atoms with E-state index < -0.39 is 0 Å². The van der Waals surface area contributed by atoms with Gasteiger partial charge in [0, 0.05) is 16.9 Å². The normalized spacial score (nSPS) is 11.2. The molecule has 1 heteroatoms. The van der Waals surface area contributed by atoms with E-state index in [4.69, 9.17) is 0 Å². The third-order valence-corrected chi connectivity index (χ3v) is 11.1. The Morgan fingerprint density at radius 3 is 1.39 bits per heavy atom. The van der Waals surface area contributed by atoms with Crippen LogP contribution >= 0.6 is 0 Å². The number of rotatable bonds is 8. The second-order valence-corrected chi connectivity index (χ2v) is 14.5. The molecule has 0 fully saturated rings. The average molecular weight is 726 g/mol. The molecular formula is C56H39N. The van der Waals surface area contributed by atoms with Gasteiger partial charge in [0.2, 0.25) is 0 Å². The molecule has 0 unspecified atom stereocenters. The number of hydrogen-bond donors (Lipinski definition) is 0. The number of nitrogens with zero attached hydrogens (tertiary/aromatic N) is 1. The second-order valence-electron chi connectivity index (χ2n) is 14.5. The van der Waals surface area contributed by atoms with E-state index in [-0.39, 0.29) is 0 Å². The molecule has 0 atom stereocenters. The topological polar surface area (TPSA) is 3.24 Å². The van der Waals surface area contributed by atoms with Gasteiger partial charge in [0.1, 0.15) is 0 Å². The predicted molar refractivity (Wildman–Crippen MR) is 243 cm³/mol. The third-order valence-electron chi connectivity index (χ3n) is 11.1. The van der Waals surface area contributed by atoms with Gasteiger partial charge in [-0.05, 0) is 108 Å². The van der Waals surface area contributed by atoms with Crippen LogP contribution in [0.15, 0.2) is 237 Å². The Kier molecular flexibility index (Phi) is 8.95. The SMILES string of the molecule is c1ccc(-c2ccccc2N(c2ccc(-c3ccc(-c4ccc5ccccc5c4)cc3)cc2)c2ccc(-c3ccc4ccccc4c3-c3ccccc3)cc2)cc1. The highest BCUT2D eigenvalue weighted by Crippen LogP contribution is 2.43.